The van der Waals surface area contributed by atoms with Gasteiger partial charge in [0, 0.05) is 18.4 Å². The van der Waals surface area contributed by atoms with Gasteiger partial charge in [0.25, 0.3) is 0 Å². The molecular weight excluding hydrogens is 342 g/mol. The number of benzene rings is 1. The number of likely N-dealkylation sites (tertiary alicyclic amines) is 1. The summed E-state index contributed by atoms with van der Waals surface area (Å²) in [6.07, 6.45) is 6.84. The minimum Gasteiger partial charge on any atom is -1.00 e. The van der Waals surface area contributed by atoms with Gasteiger partial charge in [0.05, 0.1) is 27.1 Å². The van der Waals surface area contributed by atoms with Gasteiger partial charge >= 0.3 is 5.97 Å². The van der Waals surface area contributed by atoms with Crippen molar-refractivity contribution in [3.8, 4) is 5.75 Å². The van der Waals surface area contributed by atoms with Crippen molar-refractivity contribution in [3.63, 3.8) is 0 Å². The molecule has 6 heteroatoms. The number of quaternary nitrogens is 1. The van der Waals surface area contributed by atoms with Gasteiger partial charge in [0.1, 0.15) is 5.75 Å². The molecule has 1 saturated heterocycles. The van der Waals surface area contributed by atoms with Crippen LogP contribution in [0.15, 0.2) is 18.2 Å². The van der Waals surface area contributed by atoms with E-state index in [1.807, 2.05) is 18.2 Å². The third-order valence-electron chi connectivity index (χ3n) is 5.51. The van der Waals surface area contributed by atoms with E-state index in [0.29, 0.717) is 17.2 Å². The molecule has 1 unspecified atom stereocenters. The summed E-state index contributed by atoms with van der Waals surface area (Å²) in [5.74, 6) is 0.509. The van der Waals surface area contributed by atoms with Gasteiger partial charge < -0.3 is 27.7 Å². The van der Waals surface area contributed by atoms with E-state index in [-0.39, 0.29) is 36.5 Å². The number of carbonyl (C=O) groups excluding carboxylic acids is 1. The lowest BCUT2D eigenvalue weighted by Gasteiger charge is -2.30. The number of esters is 1. The standard InChI is InChI=1S/C19H27NO3.ClH.H2O/c1-20(2)12-6-11-17(20)23-18(21)13-15-9-5-10-16(19(15)22)14-7-3-4-8-14;;/h5,9-10,14,17H,3-4,6-8,11-13H2,1-2H3;1H;1H2. The van der Waals surface area contributed by atoms with E-state index in [1.165, 1.54) is 12.8 Å². The van der Waals surface area contributed by atoms with E-state index < -0.39 is 0 Å². The molecule has 0 amide bonds. The Kier molecular flexibility index (Phi) is 7.72. The number of hydrogen-bond donors (Lipinski definition) is 1. The highest BCUT2D eigenvalue weighted by Crippen LogP contribution is 2.39. The van der Waals surface area contributed by atoms with Crippen molar-refractivity contribution < 1.29 is 37.0 Å². The van der Waals surface area contributed by atoms with Crippen LogP contribution in [0.5, 0.6) is 5.75 Å². The Balaban J connectivity index is 0.00000156. The van der Waals surface area contributed by atoms with Gasteiger partial charge in [0.2, 0.25) is 6.23 Å². The van der Waals surface area contributed by atoms with Gasteiger partial charge in [-0.05, 0) is 24.3 Å². The largest absolute Gasteiger partial charge is 1.00 e. The van der Waals surface area contributed by atoms with Crippen LogP contribution in [0.1, 0.15) is 55.6 Å². The number of aromatic hydroxyl groups is 1. The van der Waals surface area contributed by atoms with Crippen molar-refractivity contribution in [2.45, 2.75) is 57.1 Å². The molecule has 3 rings (SSSR count). The van der Waals surface area contributed by atoms with E-state index in [9.17, 15) is 9.90 Å². The van der Waals surface area contributed by atoms with E-state index in [4.69, 9.17) is 4.74 Å². The molecule has 25 heavy (non-hydrogen) atoms. The molecule has 1 aromatic rings. The highest BCUT2D eigenvalue weighted by molar-refractivity contribution is 5.74. The minimum atomic E-state index is -0.234. The van der Waals surface area contributed by atoms with Crippen LogP contribution < -0.4 is 12.4 Å². The maximum Gasteiger partial charge on any atom is 0.314 e. The molecule has 0 radical (unpaired) electrons. The lowest BCUT2D eigenvalue weighted by atomic mass is 9.94. The molecular formula is C19H30ClNO4. The van der Waals surface area contributed by atoms with Crippen LogP contribution in [-0.4, -0.2) is 47.9 Å². The van der Waals surface area contributed by atoms with Gasteiger partial charge in [-0.15, -0.1) is 0 Å². The van der Waals surface area contributed by atoms with E-state index in [0.717, 1.165) is 42.3 Å². The van der Waals surface area contributed by atoms with Crippen molar-refractivity contribution >= 4 is 5.97 Å². The zero-order valence-corrected chi connectivity index (χ0v) is 15.9. The van der Waals surface area contributed by atoms with Crippen molar-refractivity contribution in [2.75, 3.05) is 20.6 Å². The average Bonchev–Trinajstić information content (AvgIpc) is 3.12. The summed E-state index contributed by atoms with van der Waals surface area (Å²) >= 11 is 0. The fourth-order valence-corrected chi connectivity index (χ4v) is 4.04. The van der Waals surface area contributed by atoms with E-state index >= 15 is 0 Å². The van der Waals surface area contributed by atoms with Crippen LogP contribution in [0, 0.1) is 0 Å². The van der Waals surface area contributed by atoms with Gasteiger partial charge in [-0.3, -0.25) is 9.28 Å². The second-order valence-corrected chi connectivity index (χ2v) is 7.60. The quantitative estimate of drug-likeness (QED) is 0.573. The van der Waals surface area contributed by atoms with Crippen LogP contribution >= 0.6 is 0 Å². The molecule has 1 saturated carbocycles. The molecule has 1 aliphatic carbocycles. The lowest BCUT2D eigenvalue weighted by Crippen LogP contribution is -3.00. The number of para-hydroxylation sites is 1. The van der Waals surface area contributed by atoms with Crippen molar-refractivity contribution in [3.05, 3.63) is 29.3 Å². The van der Waals surface area contributed by atoms with Gasteiger partial charge in [0.15, 0.2) is 0 Å². The predicted octanol–water partition coefficient (Wildman–Crippen LogP) is -0.489. The zero-order chi connectivity index (χ0) is 16.4. The van der Waals surface area contributed by atoms with Crippen molar-refractivity contribution in [2.24, 2.45) is 0 Å². The Morgan fingerprint density at radius 2 is 1.88 bits per heavy atom. The SMILES string of the molecule is C[N+]1(C)CCCC1OC(=O)Cc1cccc(C2CCCC2)c1O.O.[Cl-]. The normalized spacial score (nSPS) is 22.1. The molecule has 0 bridgehead atoms. The monoisotopic (exact) mass is 371 g/mol. The van der Waals surface area contributed by atoms with E-state index in [1.54, 1.807) is 0 Å². The second-order valence-electron chi connectivity index (χ2n) is 7.60. The summed E-state index contributed by atoms with van der Waals surface area (Å²) in [4.78, 5) is 12.3. The first-order chi connectivity index (χ1) is 11.0. The second kappa shape index (κ2) is 8.88. The van der Waals surface area contributed by atoms with Crippen molar-refractivity contribution in [1.82, 2.24) is 0 Å². The molecule has 142 valence electrons. The fraction of sp³-hybridized carbons (Fsp3) is 0.632. The van der Waals surface area contributed by atoms with Crippen molar-refractivity contribution in [1.29, 1.82) is 0 Å². The highest BCUT2D eigenvalue weighted by Gasteiger charge is 2.37. The Hall–Kier alpha value is -1.30. The maximum atomic E-state index is 12.3. The molecule has 0 aromatic heterocycles. The number of ether oxygens (including phenoxy) is 1. The minimum absolute atomic E-state index is 0. The predicted molar refractivity (Wildman–Crippen MR) is 92.7 cm³/mol. The molecule has 2 fully saturated rings. The smallest absolute Gasteiger partial charge is 0.314 e. The Morgan fingerprint density at radius 1 is 1.20 bits per heavy atom. The highest BCUT2D eigenvalue weighted by atomic mass is 35.5. The molecule has 0 spiro atoms. The number of hydrogen-bond acceptors (Lipinski definition) is 3. The number of halogens is 1. The van der Waals surface area contributed by atoms with E-state index in [2.05, 4.69) is 14.1 Å². The van der Waals surface area contributed by atoms with Gasteiger partial charge in [-0.25, -0.2) is 0 Å². The van der Waals surface area contributed by atoms with Crippen LogP contribution in [0.4, 0.5) is 0 Å². The average molecular weight is 372 g/mol. The van der Waals surface area contributed by atoms with Gasteiger partial charge in [-0.1, -0.05) is 31.0 Å². The summed E-state index contributed by atoms with van der Waals surface area (Å²) in [6.45, 7) is 1.04. The molecule has 3 N–H and O–H groups in total. The van der Waals surface area contributed by atoms with Crippen LogP contribution in [0.2, 0.25) is 0 Å². The number of nitrogens with zero attached hydrogens (tertiary/aromatic N) is 1. The van der Waals surface area contributed by atoms with Crippen LogP contribution in [0.3, 0.4) is 0 Å². The number of rotatable bonds is 4. The van der Waals surface area contributed by atoms with Gasteiger partial charge in [-0.2, -0.15) is 0 Å². The topological polar surface area (TPSA) is 78.0 Å². The fourth-order valence-electron chi connectivity index (χ4n) is 4.04. The lowest BCUT2D eigenvalue weighted by molar-refractivity contribution is -0.921. The zero-order valence-electron chi connectivity index (χ0n) is 15.1. The third kappa shape index (κ3) is 4.87. The third-order valence-corrected chi connectivity index (χ3v) is 5.51. The molecule has 5 nitrogen and oxygen atoms in total. The first-order valence-electron chi connectivity index (χ1n) is 8.80. The maximum absolute atomic E-state index is 12.3. The summed E-state index contributed by atoms with van der Waals surface area (Å²) in [5.41, 5.74) is 1.70. The summed E-state index contributed by atoms with van der Waals surface area (Å²) in [5, 5.41) is 10.5. The Bertz CT molecular complexity index is 585. The Labute approximate surface area is 156 Å². The first kappa shape index (κ1) is 21.7. The van der Waals surface area contributed by atoms with Crippen LogP contribution in [0.25, 0.3) is 0 Å². The number of phenols is 1. The van der Waals surface area contributed by atoms with Crippen LogP contribution in [-0.2, 0) is 16.0 Å². The summed E-state index contributed by atoms with van der Waals surface area (Å²) < 4.78 is 6.41. The Morgan fingerprint density at radius 3 is 2.48 bits per heavy atom. The molecule has 2 aliphatic rings. The summed E-state index contributed by atoms with van der Waals surface area (Å²) in [7, 11) is 4.20. The first-order valence-corrected chi connectivity index (χ1v) is 8.80. The molecule has 1 atom stereocenters. The number of carbonyl (C=O) groups is 1. The molecule has 1 aromatic carbocycles. The molecule has 1 heterocycles. The number of phenolic OH excluding ortho intramolecular Hbond substituents is 1. The molecule has 1 aliphatic heterocycles. The summed E-state index contributed by atoms with van der Waals surface area (Å²) in [6, 6.07) is 5.78.